The number of fused-ring (bicyclic) bond motifs is 1. The van der Waals surface area contributed by atoms with Crippen LogP contribution < -0.4 is 14.9 Å². The van der Waals surface area contributed by atoms with Gasteiger partial charge in [0.05, 0.1) is 40.1 Å². The molecule has 5 rings (SSSR count). The van der Waals surface area contributed by atoms with Gasteiger partial charge in [-0.05, 0) is 55.8 Å². The topological polar surface area (TPSA) is 100 Å². The molecule has 11 heteroatoms. The largest absolute Gasteiger partial charge is 0.465 e. The molecule has 3 heterocycles. The molecule has 0 fully saturated rings. The van der Waals surface area contributed by atoms with E-state index in [0.717, 1.165) is 0 Å². The fourth-order valence-corrected chi connectivity index (χ4v) is 5.90. The lowest BCUT2D eigenvalue weighted by Gasteiger charge is -2.25. The number of methoxy groups -OCH3 is 1. The third-order valence-corrected chi connectivity index (χ3v) is 7.93. The maximum absolute atomic E-state index is 13.8. The van der Waals surface area contributed by atoms with Gasteiger partial charge in [-0.2, -0.15) is 0 Å². The number of allylic oxidation sites excluding steroid dienone is 1. The summed E-state index contributed by atoms with van der Waals surface area (Å²) in [6.45, 7) is 3.59. The Labute approximate surface area is 242 Å². The molecule has 1 aliphatic rings. The summed E-state index contributed by atoms with van der Waals surface area (Å²) in [4.78, 5) is 43.8. The molecule has 1 aliphatic heterocycles. The zero-order valence-corrected chi connectivity index (χ0v) is 23.9. The van der Waals surface area contributed by atoms with Gasteiger partial charge in [0.1, 0.15) is 17.6 Å². The van der Waals surface area contributed by atoms with Gasteiger partial charge in [-0.3, -0.25) is 9.36 Å². The molecule has 2 aromatic carbocycles. The van der Waals surface area contributed by atoms with E-state index in [9.17, 15) is 14.4 Å². The van der Waals surface area contributed by atoms with Crippen LogP contribution in [0.1, 0.15) is 41.6 Å². The summed E-state index contributed by atoms with van der Waals surface area (Å²) in [7, 11) is 1.28. The maximum atomic E-state index is 13.8. The number of esters is 2. The molecule has 0 saturated carbocycles. The van der Waals surface area contributed by atoms with E-state index < -0.39 is 18.0 Å². The van der Waals surface area contributed by atoms with Crippen LogP contribution in [0.2, 0.25) is 10.0 Å². The van der Waals surface area contributed by atoms with Crippen molar-refractivity contribution in [1.82, 2.24) is 4.57 Å². The van der Waals surface area contributed by atoms with E-state index in [1.54, 1.807) is 74.5 Å². The monoisotopic (exact) mass is 596 g/mol. The molecule has 0 bridgehead atoms. The molecule has 0 N–H and O–H groups in total. The Bertz CT molecular complexity index is 1870. The Morgan fingerprint density at radius 2 is 1.88 bits per heavy atom. The van der Waals surface area contributed by atoms with Crippen LogP contribution in [-0.4, -0.2) is 30.2 Å². The highest BCUT2D eigenvalue weighted by Crippen LogP contribution is 2.34. The van der Waals surface area contributed by atoms with Crippen LogP contribution in [0, 0.1) is 0 Å². The summed E-state index contributed by atoms with van der Waals surface area (Å²) in [5, 5.41) is 0.664. The maximum Gasteiger partial charge on any atom is 0.339 e. The van der Waals surface area contributed by atoms with Gasteiger partial charge in [-0.25, -0.2) is 14.6 Å². The second-order valence-electron chi connectivity index (χ2n) is 8.71. The van der Waals surface area contributed by atoms with Crippen molar-refractivity contribution in [2.45, 2.75) is 19.9 Å². The van der Waals surface area contributed by atoms with Gasteiger partial charge in [0.15, 0.2) is 4.80 Å². The van der Waals surface area contributed by atoms with E-state index in [1.807, 2.05) is 0 Å². The summed E-state index contributed by atoms with van der Waals surface area (Å²) in [6.07, 6.45) is 1.61. The summed E-state index contributed by atoms with van der Waals surface area (Å²) < 4.78 is 17.9. The van der Waals surface area contributed by atoms with Crippen molar-refractivity contribution in [3.05, 3.63) is 112 Å². The van der Waals surface area contributed by atoms with Crippen LogP contribution in [0.15, 0.2) is 80.1 Å². The first kappa shape index (κ1) is 27.6. The predicted molar refractivity (Wildman–Crippen MR) is 152 cm³/mol. The SMILES string of the molecule is CCOC(=O)C1=C(C)N=c2sc(=Cc3ccc(-c4ccc(Cl)c(C(=O)OC)c4)o3)c(=O)n2C1c1ccccc1Cl. The van der Waals surface area contributed by atoms with Crippen molar-refractivity contribution < 1.29 is 23.5 Å². The fraction of sp³-hybridized carbons (Fsp3) is 0.172. The Balaban J connectivity index is 1.61. The van der Waals surface area contributed by atoms with Gasteiger partial charge in [-0.15, -0.1) is 0 Å². The third kappa shape index (κ3) is 5.03. The highest BCUT2D eigenvalue weighted by Gasteiger charge is 2.34. The van der Waals surface area contributed by atoms with Gasteiger partial charge in [0, 0.05) is 16.7 Å². The van der Waals surface area contributed by atoms with Crippen molar-refractivity contribution in [2.75, 3.05) is 13.7 Å². The first-order chi connectivity index (χ1) is 19.2. The van der Waals surface area contributed by atoms with Gasteiger partial charge >= 0.3 is 11.9 Å². The van der Waals surface area contributed by atoms with E-state index in [2.05, 4.69) is 4.99 Å². The number of carbonyl (C=O) groups is 2. The molecule has 2 aromatic heterocycles. The van der Waals surface area contributed by atoms with Crippen LogP contribution in [0.5, 0.6) is 0 Å². The first-order valence-electron chi connectivity index (χ1n) is 12.2. The number of aromatic nitrogens is 1. The molecular formula is C29H22Cl2N2O6S. The highest BCUT2D eigenvalue weighted by atomic mass is 35.5. The Morgan fingerprint density at radius 3 is 2.60 bits per heavy atom. The Kier molecular flexibility index (Phi) is 7.80. The number of thiazole rings is 1. The number of ether oxygens (including phenoxy) is 2. The smallest absolute Gasteiger partial charge is 0.339 e. The van der Waals surface area contributed by atoms with Gasteiger partial charge < -0.3 is 13.9 Å². The van der Waals surface area contributed by atoms with Gasteiger partial charge in [0.2, 0.25) is 0 Å². The van der Waals surface area contributed by atoms with Crippen LogP contribution in [0.25, 0.3) is 17.4 Å². The number of carbonyl (C=O) groups excluding carboxylic acids is 2. The van der Waals surface area contributed by atoms with E-state index in [1.165, 1.54) is 23.0 Å². The van der Waals surface area contributed by atoms with Crippen molar-refractivity contribution >= 4 is 52.6 Å². The van der Waals surface area contributed by atoms with Crippen LogP contribution in [0.3, 0.4) is 0 Å². The quantitative estimate of drug-likeness (QED) is 0.285. The lowest BCUT2D eigenvalue weighted by molar-refractivity contribution is -0.139. The summed E-state index contributed by atoms with van der Waals surface area (Å²) in [5.41, 5.74) is 1.73. The standard InChI is InChI=1S/C29H22Cl2N2O6S/c1-4-38-28(36)24-15(2)32-29-33(25(24)18-7-5-6-8-20(18)30)26(34)23(40-29)14-17-10-12-22(39-17)16-9-11-21(31)19(13-16)27(35)37-3/h5-14,25H,4H2,1-3H3. The molecule has 8 nitrogen and oxygen atoms in total. The zero-order valence-electron chi connectivity index (χ0n) is 21.6. The molecule has 40 heavy (non-hydrogen) atoms. The number of benzene rings is 2. The number of halogens is 2. The summed E-state index contributed by atoms with van der Waals surface area (Å²) >= 11 is 13.8. The lowest BCUT2D eigenvalue weighted by atomic mass is 9.96. The minimum absolute atomic E-state index is 0.171. The molecule has 1 unspecified atom stereocenters. The molecule has 0 spiro atoms. The summed E-state index contributed by atoms with van der Waals surface area (Å²) in [5.74, 6) is -0.251. The molecule has 204 valence electrons. The number of furan rings is 1. The second kappa shape index (κ2) is 11.3. The first-order valence-corrected chi connectivity index (χ1v) is 13.7. The highest BCUT2D eigenvalue weighted by molar-refractivity contribution is 7.07. The van der Waals surface area contributed by atoms with Crippen LogP contribution in [0.4, 0.5) is 0 Å². The zero-order chi connectivity index (χ0) is 28.6. The molecule has 0 aliphatic carbocycles. The van der Waals surface area contributed by atoms with Crippen molar-refractivity contribution in [3.8, 4) is 11.3 Å². The molecule has 1 atom stereocenters. The van der Waals surface area contributed by atoms with Crippen LogP contribution in [-0.2, 0) is 14.3 Å². The second-order valence-corrected chi connectivity index (χ2v) is 10.5. The van der Waals surface area contributed by atoms with Crippen molar-refractivity contribution in [1.29, 1.82) is 0 Å². The predicted octanol–water partition coefficient (Wildman–Crippen LogP) is 5.15. The Hall–Kier alpha value is -3.92. The van der Waals surface area contributed by atoms with Gasteiger partial charge in [-0.1, -0.05) is 52.7 Å². The number of rotatable bonds is 6. The van der Waals surface area contributed by atoms with E-state index in [4.69, 9.17) is 37.1 Å². The molecular weight excluding hydrogens is 575 g/mol. The third-order valence-electron chi connectivity index (χ3n) is 6.27. The van der Waals surface area contributed by atoms with Crippen LogP contribution >= 0.6 is 34.5 Å². The average molecular weight is 597 g/mol. The summed E-state index contributed by atoms with van der Waals surface area (Å²) in [6, 6.07) is 14.5. The van der Waals surface area contributed by atoms with E-state index >= 15 is 0 Å². The van der Waals surface area contributed by atoms with E-state index in [-0.39, 0.29) is 28.3 Å². The normalized spacial score (nSPS) is 15.0. The lowest BCUT2D eigenvalue weighted by Crippen LogP contribution is -2.40. The number of nitrogens with zero attached hydrogens (tertiary/aromatic N) is 2. The van der Waals surface area contributed by atoms with Gasteiger partial charge in [0.25, 0.3) is 5.56 Å². The molecule has 0 radical (unpaired) electrons. The fourth-order valence-electron chi connectivity index (χ4n) is 4.44. The van der Waals surface area contributed by atoms with Crippen molar-refractivity contribution in [2.24, 2.45) is 4.99 Å². The average Bonchev–Trinajstić information content (AvgIpc) is 3.52. The minimum atomic E-state index is -0.816. The van der Waals surface area contributed by atoms with Crippen molar-refractivity contribution in [3.63, 3.8) is 0 Å². The number of hydrogen-bond donors (Lipinski definition) is 0. The van der Waals surface area contributed by atoms with E-state index in [0.29, 0.717) is 42.7 Å². The molecule has 4 aromatic rings. The molecule has 0 amide bonds. The molecule has 0 saturated heterocycles. The number of hydrogen-bond acceptors (Lipinski definition) is 8. The Morgan fingerprint density at radius 1 is 1.10 bits per heavy atom. The minimum Gasteiger partial charge on any atom is -0.465 e.